The van der Waals surface area contributed by atoms with Crippen molar-refractivity contribution in [3.8, 4) is 0 Å². The molecule has 0 aromatic rings. The predicted octanol–water partition coefficient (Wildman–Crippen LogP) is 2.35. The first-order valence-electron chi connectivity index (χ1n) is 3.81. The van der Waals surface area contributed by atoms with Crippen molar-refractivity contribution >= 4 is 7.60 Å². The molecule has 0 fully saturated rings. The number of hydrogen-bond acceptors (Lipinski definition) is 1. The summed E-state index contributed by atoms with van der Waals surface area (Å²) in [5.41, 5.74) is -3.12. The Morgan fingerprint density at radius 1 is 1.36 bits per heavy atom. The van der Waals surface area contributed by atoms with E-state index in [9.17, 15) is 17.7 Å². The number of alkyl halides is 3. The van der Waals surface area contributed by atoms with Crippen LogP contribution in [-0.2, 0) is 4.57 Å². The summed E-state index contributed by atoms with van der Waals surface area (Å²) in [4.78, 5) is 17.5. The Morgan fingerprint density at radius 2 is 1.71 bits per heavy atom. The fourth-order valence-electron chi connectivity index (χ4n) is 1.07. The molecule has 0 amide bonds. The molecule has 1 unspecified atom stereocenters. The zero-order chi connectivity index (χ0) is 11.8. The molecule has 2 N–H and O–H groups in total. The molecule has 0 spiro atoms. The highest BCUT2D eigenvalue weighted by Crippen LogP contribution is 2.53. The monoisotopic (exact) mass is 233 g/mol. The lowest BCUT2D eigenvalue weighted by molar-refractivity contribution is -0.138. The van der Waals surface area contributed by atoms with E-state index in [0.29, 0.717) is 0 Å². The maximum atomic E-state index is 12.0. The van der Waals surface area contributed by atoms with E-state index < -0.39 is 31.3 Å². The van der Waals surface area contributed by atoms with E-state index in [4.69, 9.17) is 9.79 Å². The number of hydrogen-bond donors (Lipinski definition) is 2. The lowest BCUT2D eigenvalue weighted by atomic mass is 9.89. The molecule has 0 aliphatic heterocycles. The summed E-state index contributed by atoms with van der Waals surface area (Å²) in [5, 5.41) is 0. The van der Waals surface area contributed by atoms with E-state index in [1.54, 1.807) is 0 Å². The van der Waals surface area contributed by atoms with Gasteiger partial charge in [0, 0.05) is 0 Å². The quantitative estimate of drug-likeness (QED) is 0.735. The first-order valence-corrected chi connectivity index (χ1v) is 5.49. The summed E-state index contributed by atoms with van der Waals surface area (Å²) in [6, 6.07) is 0. The van der Waals surface area contributed by atoms with E-state index in [0.717, 1.165) is 0 Å². The molecule has 1 radical (unpaired) electrons. The van der Waals surface area contributed by atoms with Gasteiger partial charge in [-0.25, -0.2) is 0 Å². The van der Waals surface area contributed by atoms with Gasteiger partial charge in [0.05, 0.1) is 12.1 Å². The van der Waals surface area contributed by atoms with Crippen LogP contribution in [0.2, 0.25) is 0 Å². The molecule has 0 heterocycles. The van der Waals surface area contributed by atoms with Gasteiger partial charge < -0.3 is 9.79 Å². The van der Waals surface area contributed by atoms with E-state index in [-0.39, 0.29) is 0 Å². The molecule has 1 atom stereocenters. The fourth-order valence-corrected chi connectivity index (χ4v) is 2.43. The SMILES string of the molecule is [CH2]C(C)(C)C(CC(F)(F)F)P(=O)(O)O. The zero-order valence-corrected chi connectivity index (χ0v) is 8.77. The zero-order valence-electron chi connectivity index (χ0n) is 7.88. The molecule has 0 rings (SSSR count). The van der Waals surface area contributed by atoms with Crippen LogP contribution in [0.25, 0.3) is 0 Å². The summed E-state index contributed by atoms with van der Waals surface area (Å²) in [5.74, 6) is 0. The van der Waals surface area contributed by atoms with Gasteiger partial charge >= 0.3 is 13.8 Å². The van der Waals surface area contributed by atoms with Crippen molar-refractivity contribution < 1.29 is 27.5 Å². The van der Waals surface area contributed by atoms with Crippen molar-refractivity contribution in [1.29, 1.82) is 0 Å². The number of halogens is 3. The third kappa shape index (κ3) is 4.98. The predicted molar refractivity (Wildman–Crippen MR) is 45.6 cm³/mol. The Kier molecular flexibility index (Phi) is 3.82. The van der Waals surface area contributed by atoms with Crippen LogP contribution in [0.5, 0.6) is 0 Å². The van der Waals surface area contributed by atoms with Gasteiger partial charge in [0.25, 0.3) is 0 Å². The highest BCUT2D eigenvalue weighted by atomic mass is 31.2. The van der Waals surface area contributed by atoms with E-state index in [1.807, 2.05) is 0 Å². The van der Waals surface area contributed by atoms with Gasteiger partial charge in [-0.15, -0.1) is 0 Å². The van der Waals surface area contributed by atoms with Crippen molar-refractivity contribution in [3.63, 3.8) is 0 Å². The van der Waals surface area contributed by atoms with Crippen LogP contribution in [0.1, 0.15) is 20.3 Å². The molecule has 0 aromatic heterocycles. The van der Waals surface area contributed by atoms with Crippen molar-refractivity contribution in [2.45, 2.75) is 32.1 Å². The lowest BCUT2D eigenvalue weighted by Gasteiger charge is -2.31. The van der Waals surface area contributed by atoms with Gasteiger partial charge in [-0.3, -0.25) is 4.57 Å². The maximum Gasteiger partial charge on any atom is 0.390 e. The first kappa shape index (κ1) is 13.9. The summed E-state index contributed by atoms with van der Waals surface area (Å²) >= 11 is 0. The van der Waals surface area contributed by atoms with Crippen molar-refractivity contribution in [2.24, 2.45) is 5.41 Å². The van der Waals surface area contributed by atoms with Crippen molar-refractivity contribution in [1.82, 2.24) is 0 Å². The largest absolute Gasteiger partial charge is 0.390 e. The molecule has 0 aromatic carbocycles. The molecule has 3 nitrogen and oxygen atoms in total. The smallest absolute Gasteiger partial charge is 0.324 e. The normalized spacial score (nSPS) is 16.9. The van der Waals surface area contributed by atoms with Gasteiger partial charge in [-0.1, -0.05) is 13.8 Å². The Hall–Kier alpha value is -0.0600. The minimum Gasteiger partial charge on any atom is -0.324 e. The van der Waals surface area contributed by atoms with Crippen LogP contribution in [0.15, 0.2) is 0 Å². The average Bonchev–Trinajstić information content (AvgIpc) is 1.75. The van der Waals surface area contributed by atoms with E-state index in [1.165, 1.54) is 13.8 Å². The molecule has 0 saturated carbocycles. The second-order valence-corrected chi connectivity index (χ2v) is 5.71. The van der Waals surface area contributed by atoms with Crippen LogP contribution in [0, 0.1) is 12.3 Å². The second kappa shape index (κ2) is 3.83. The Labute approximate surface area is 80.5 Å². The van der Waals surface area contributed by atoms with Crippen LogP contribution in [-0.4, -0.2) is 21.6 Å². The summed E-state index contributed by atoms with van der Waals surface area (Å²) in [7, 11) is -4.78. The summed E-state index contributed by atoms with van der Waals surface area (Å²) in [6.45, 7) is 5.86. The Balaban J connectivity index is 4.88. The van der Waals surface area contributed by atoms with Gasteiger partial charge in [-0.05, 0) is 12.3 Å². The summed E-state index contributed by atoms with van der Waals surface area (Å²) in [6.07, 6.45) is -6.12. The van der Waals surface area contributed by atoms with Gasteiger partial charge in [0.15, 0.2) is 0 Å². The first-order chi connectivity index (χ1) is 5.84. The molecular formula is C7H13F3O3P. The minimum absolute atomic E-state index is 1.27. The van der Waals surface area contributed by atoms with Crippen LogP contribution in [0.4, 0.5) is 13.2 Å². The Bertz CT molecular complexity index is 238. The third-order valence-electron chi connectivity index (χ3n) is 1.73. The maximum absolute atomic E-state index is 12.0. The van der Waals surface area contributed by atoms with Crippen LogP contribution in [0.3, 0.4) is 0 Å². The summed E-state index contributed by atoms with van der Waals surface area (Å²) < 4.78 is 46.8. The average molecular weight is 233 g/mol. The van der Waals surface area contributed by atoms with Crippen molar-refractivity contribution in [2.75, 3.05) is 0 Å². The highest BCUT2D eigenvalue weighted by Gasteiger charge is 2.46. The molecular weight excluding hydrogens is 220 g/mol. The van der Waals surface area contributed by atoms with Crippen LogP contribution >= 0.6 is 7.60 Å². The second-order valence-electron chi connectivity index (χ2n) is 3.91. The van der Waals surface area contributed by atoms with E-state index >= 15 is 0 Å². The molecule has 14 heavy (non-hydrogen) atoms. The molecule has 0 aliphatic carbocycles. The molecule has 0 bridgehead atoms. The molecule has 0 aliphatic rings. The molecule has 7 heteroatoms. The molecule has 85 valence electrons. The lowest BCUT2D eigenvalue weighted by Crippen LogP contribution is -2.31. The van der Waals surface area contributed by atoms with E-state index in [2.05, 4.69) is 6.92 Å². The Morgan fingerprint density at radius 3 is 1.79 bits per heavy atom. The van der Waals surface area contributed by atoms with Gasteiger partial charge in [0.2, 0.25) is 0 Å². The van der Waals surface area contributed by atoms with Crippen LogP contribution < -0.4 is 0 Å². The van der Waals surface area contributed by atoms with Crippen molar-refractivity contribution in [3.05, 3.63) is 6.92 Å². The third-order valence-corrected chi connectivity index (χ3v) is 3.43. The standard InChI is InChI=1S/C7H13F3O3P/c1-6(2,3)5(14(11,12)13)4-7(8,9)10/h5H,1,4H2,2-3H3,(H2,11,12,13). The molecule has 0 saturated heterocycles. The topological polar surface area (TPSA) is 57.5 Å². The number of rotatable bonds is 3. The fraction of sp³-hybridized carbons (Fsp3) is 0.857. The minimum atomic E-state index is -4.78. The highest BCUT2D eigenvalue weighted by molar-refractivity contribution is 7.52. The van der Waals surface area contributed by atoms with Gasteiger partial charge in [0.1, 0.15) is 0 Å². The van der Waals surface area contributed by atoms with Gasteiger partial charge in [-0.2, -0.15) is 13.2 Å².